The average molecular weight is 442 g/mol. The summed E-state index contributed by atoms with van der Waals surface area (Å²) in [6.07, 6.45) is 1.71. The van der Waals surface area contributed by atoms with E-state index in [1.54, 1.807) is 6.92 Å². The van der Waals surface area contributed by atoms with Gasteiger partial charge in [0.2, 0.25) is 0 Å². The molecule has 7 atom stereocenters. The van der Waals surface area contributed by atoms with Crippen LogP contribution in [0, 0.1) is 17.8 Å². The van der Waals surface area contributed by atoms with Crippen molar-refractivity contribution < 1.29 is 33.7 Å². The molecule has 178 valence electrons. The van der Waals surface area contributed by atoms with Crippen LogP contribution in [-0.2, 0) is 28.6 Å². The molecule has 31 heavy (non-hydrogen) atoms. The smallest absolute Gasteiger partial charge is 0.341 e. The lowest BCUT2D eigenvalue weighted by Crippen LogP contribution is -2.49. The van der Waals surface area contributed by atoms with Gasteiger partial charge in [-0.2, -0.15) is 0 Å². The van der Waals surface area contributed by atoms with Crippen molar-refractivity contribution >= 4 is 17.9 Å². The van der Waals surface area contributed by atoms with E-state index >= 15 is 0 Å². The van der Waals surface area contributed by atoms with Gasteiger partial charge in [-0.05, 0) is 46.1 Å². The second kappa shape index (κ2) is 10.8. The van der Waals surface area contributed by atoms with E-state index in [1.807, 2.05) is 20.8 Å². The van der Waals surface area contributed by atoms with Crippen LogP contribution >= 0.6 is 0 Å². The molecule has 0 aliphatic carbocycles. The van der Waals surface area contributed by atoms with Crippen molar-refractivity contribution in [2.75, 3.05) is 19.7 Å². The minimum absolute atomic E-state index is 0.0198. The maximum Gasteiger partial charge on any atom is 0.341 e. The van der Waals surface area contributed by atoms with Crippen LogP contribution < -0.4 is 0 Å². The summed E-state index contributed by atoms with van der Waals surface area (Å²) in [4.78, 5) is 39.1. The summed E-state index contributed by atoms with van der Waals surface area (Å²) in [6.45, 7) is 12.1. The molecule has 0 saturated carbocycles. The normalized spacial score (nSPS) is 28.2. The minimum Gasteiger partial charge on any atom is -0.463 e. The van der Waals surface area contributed by atoms with Crippen LogP contribution in [0.25, 0.3) is 0 Å². The molecule has 0 spiro atoms. The topological polar surface area (TPSA) is 102 Å². The van der Waals surface area contributed by atoms with E-state index in [4.69, 9.17) is 14.2 Å². The third-order valence-corrected chi connectivity index (χ3v) is 7.00. The zero-order chi connectivity index (χ0) is 23.3. The molecule has 0 aromatic rings. The third kappa shape index (κ3) is 5.98. The molecule has 1 N–H and O–H groups in total. The standard InChI is InChI=1S/C23H39NO7/c1-7-14(3)20(25)30-16(5)23(6,28)22(27)29-13-17-9-11-24-12-10-18(19(17)24)31-21(26)15(4)8-2/h14-19,28H,7-13H2,1-6H3/t14?,15?,16-,17+,18+,19?,23-/m0/s1. The molecule has 0 aromatic heterocycles. The van der Waals surface area contributed by atoms with E-state index in [0.717, 1.165) is 32.4 Å². The van der Waals surface area contributed by atoms with Crippen molar-refractivity contribution in [1.82, 2.24) is 4.90 Å². The first kappa shape index (κ1) is 25.6. The maximum absolute atomic E-state index is 12.6. The number of esters is 3. The van der Waals surface area contributed by atoms with E-state index < -0.39 is 23.6 Å². The Morgan fingerprint density at radius 3 is 2.23 bits per heavy atom. The third-order valence-electron chi connectivity index (χ3n) is 7.00. The quantitative estimate of drug-likeness (QED) is 0.407. The highest BCUT2D eigenvalue weighted by molar-refractivity contribution is 5.80. The van der Waals surface area contributed by atoms with Crippen LogP contribution in [0.5, 0.6) is 0 Å². The van der Waals surface area contributed by atoms with Crippen molar-refractivity contribution in [3.63, 3.8) is 0 Å². The number of aliphatic hydroxyl groups is 1. The largest absolute Gasteiger partial charge is 0.463 e. The summed E-state index contributed by atoms with van der Waals surface area (Å²) in [5.74, 6) is -1.88. The first-order valence-corrected chi connectivity index (χ1v) is 11.6. The molecule has 0 aromatic carbocycles. The number of carbonyl (C=O) groups is 3. The predicted molar refractivity (Wildman–Crippen MR) is 114 cm³/mol. The number of hydrogen-bond donors (Lipinski definition) is 1. The van der Waals surface area contributed by atoms with E-state index in [0.29, 0.717) is 6.42 Å². The second-order valence-corrected chi connectivity index (χ2v) is 9.28. The molecule has 2 aliphatic rings. The Balaban J connectivity index is 1.92. The van der Waals surface area contributed by atoms with Gasteiger partial charge < -0.3 is 19.3 Å². The highest BCUT2D eigenvalue weighted by atomic mass is 16.6. The lowest BCUT2D eigenvalue weighted by molar-refractivity contribution is -0.186. The van der Waals surface area contributed by atoms with Gasteiger partial charge in [-0.25, -0.2) is 4.79 Å². The molecule has 2 fully saturated rings. The van der Waals surface area contributed by atoms with Crippen LogP contribution in [0.15, 0.2) is 0 Å². The first-order chi connectivity index (χ1) is 14.5. The Bertz CT molecular complexity index is 650. The molecule has 8 heteroatoms. The van der Waals surface area contributed by atoms with Crippen LogP contribution in [0.4, 0.5) is 0 Å². The van der Waals surface area contributed by atoms with Gasteiger partial charge in [-0.15, -0.1) is 0 Å². The van der Waals surface area contributed by atoms with Gasteiger partial charge in [-0.1, -0.05) is 27.7 Å². The maximum atomic E-state index is 12.6. The van der Waals surface area contributed by atoms with E-state index in [2.05, 4.69) is 4.90 Å². The van der Waals surface area contributed by atoms with Crippen LogP contribution in [0.3, 0.4) is 0 Å². The second-order valence-electron chi connectivity index (χ2n) is 9.28. The van der Waals surface area contributed by atoms with Crippen molar-refractivity contribution in [3.8, 4) is 0 Å². The Hall–Kier alpha value is -1.67. The van der Waals surface area contributed by atoms with E-state index in [1.165, 1.54) is 13.8 Å². The van der Waals surface area contributed by atoms with Crippen LogP contribution in [0.2, 0.25) is 0 Å². The highest BCUT2D eigenvalue weighted by Crippen LogP contribution is 2.35. The zero-order valence-corrected chi connectivity index (χ0v) is 19.8. The molecular formula is C23H39NO7. The Kier molecular flexibility index (Phi) is 8.89. The van der Waals surface area contributed by atoms with Crippen LogP contribution in [0.1, 0.15) is 67.2 Å². The fourth-order valence-electron chi connectivity index (χ4n) is 4.02. The van der Waals surface area contributed by atoms with Crippen molar-refractivity contribution in [3.05, 3.63) is 0 Å². The van der Waals surface area contributed by atoms with Crippen molar-refractivity contribution in [1.29, 1.82) is 0 Å². The molecule has 2 heterocycles. The molecule has 0 radical (unpaired) electrons. The highest BCUT2D eigenvalue weighted by Gasteiger charge is 2.47. The molecular weight excluding hydrogens is 402 g/mol. The Morgan fingerprint density at radius 1 is 1.03 bits per heavy atom. The van der Waals surface area contributed by atoms with Crippen molar-refractivity contribution in [2.45, 2.75) is 91.1 Å². The van der Waals surface area contributed by atoms with Crippen LogP contribution in [-0.4, -0.2) is 71.5 Å². The summed E-state index contributed by atoms with van der Waals surface area (Å²) < 4.78 is 16.5. The van der Waals surface area contributed by atoms with Gasteiger partial charge in [0.1, 0.15) is 12.2 Å². The number of fused-ring (bicyclic) bond motifs is 1. The fourth-order valence-corrected chi connectivity index (χ4v) is 4.02. The molecule has 0 amide bonds. The van der Waals surface area contributed by atoms with Gasteiger partial charge in [0.05, 0.1) is 24.5 Å². The SMILES string of the molecule is CCC(C)C(=O)O[C@@H](C)[C@](C)(O)C(=O)OC[C@H]1CCN2CC[C@@H](OC(=O)C(C)CC)C12. The Labute approximate surface area is 185 Å². The average Bonchev–Trinajstić information content (AvgIpc) is 3.33. The summed E-state index contributed by atoms with van der Waals surface area (Å²) in [5.41, 5.74) is -1.94. The molecule has 3 unspecified atom stereocenters. The first-order valence-electron chi connectivity index (χ1n) is 11.6. The molecule has 8 nitrogen and oxygen atoms in total. The lowest BCUT2D eigenvalue weighted by Gasteiger charge is -2.30. The number of ether oxygens (including phenoxy) is 3. The summed E-state index contributed by atoms with van der Waals surface area (Å²) >= 11 is 0. The summed E-state index contributed by atoms with van der Waals surface area (Å²) in [6, 6.07) is 0.0198. The summed E-state index contributed by atoms with van der Waals surface area (Å²) in [7, 11) is 0. The van der Waals surface area contributed by atoms with Gasteiger partial charge >= 0.3 is 17.9 Å². The van der Waals surface area contributed by atoms with E-state index in [9.17, 15) is 19.5 Å². The van der Waals surface area contributed by atoms with Gasteiger partial charge in [0.25, 0.3) is 0 Å². The Morgan fingerprint density at radius 2 is 1.61 bits per heavy atom. The number of rotatable bonds is 10. The molecule has 2 rings (SSSR count). The predicted octanol–water partition coefficient (Wildman–Crippen LogP) is 2.31. The monoisotopic (exact) mass is 441 g/mol. The molecule has 2 saturated heterocycles. The molecule has 0 bridgehead atoms. The number of carbonyl (C=O) groups excluding carboxylic acids is 3. The zero-order valence-electron chi connectivity index (χ0n) is 19.8. The molecule has 2 aliphatic heterocycles. The van der Waals surface area contributed by atoms with Gasteiger partial charge in [0.15, 0.2) is 5.60 Å². The number of hydrogen-bond acceptors (Lipinski definition) is 8. The van der Waals surface area contributed by atoms with Gasteiger partial charge in [-0.3, -0.25) is 14.5 Å². The fraction of sp³-hybridized carbons (Fsp3) is 0.870. The summed E-state index contributed by atoms with van der Waals surface area (Å²) in [5, 5.41) is 10.6. The minimum atomic E-state index is -1.94. The van der Waals surface area contributed by atoms with Crippen molar-refractivity contribution in [2.24, 2.45) is 17.8 Å². The van der Waals surface area contributed by atoms with Gasteiger partial charge in [0, 0.05) is 12.5 Å². The van der Waals surface area contributed by atoms with E-state index in [-0.39, 0.29) is 42.5 Å². The number of nitrogens with zero attached hydrogens (tertiary/aromatic N) is 1. The lowest BCUT2D eigenvalue weighted by atomic mass is 9.96.